The maximum absolute atomic E-state index is 12.9. The number of hydrogen-bond donors (Lipinski definition) is 1. The molecule has 0 aromatic rings. The Morgan fingerprint density at radius 3 is 2.22 bits per heavy atom. The van der Waals surface area contributed by atoms with Crippen molar-refractivity contribution in [2.24, 2.45) is 11.7 Å². The summed E-state index contributed by atoms with van der Waals surface area (Å²) in [7, 11) is -6.03. The van der Waals surface area contributed by atoms with Gasteiger partial charge >= 0.3 is 9.08 Å². The highest BCUT2D eigenvalue weighted by Gasteiger charge is 2.50. The van der Waals surface area contributed by atoms with Crippen LogP contribution >= 0.6 is 0 Å². The zero-order chi connectivity index (χ0) is 14.5. The maximum Gasteiger partial charge on any atom is 0.640 e. The van der Waals surface area contributed by atoms with Gasteiger partial charge in [0.1, 0.15) is 5.67 Å². The molecule has 2 N–H and O–H groups in total. The SMILES string of the molecule is C=CC(=O)N(CC(C)C(N)=O)C(CC)[Si](F)(F)F. The highest BCUT2D eigenvalue weighted by molar-refractivity contribution is 6.60. The molecular weight excluding hydrogens is 265 g/mol. The quantitative estimate of drug-likeness (QED) is 0.434. The Labute approximate surface area is 105 Å². The predicted molar refractivity (Wildman–Crippen MR) is 63.4 cm³/mol. The van der Waals surface area contributed by atoms with E-state index in [1.165, 1.54) is 13.8 Å². The molecule has 0 aromatic carbocycles. The van der Waals surface area contributed by atoms with E-state index < -0.39 is 32.5 Å². The molecule has 0 heterocycles. The van der Waals surface area contributed by atoms with Gasteiger partial charge in [0.05, 0.1) is 5.92 Å². The number of carbonyl (C=O) groups excluding carboxylic acids is 2. The van der Waals surface area contributed by atoms with Crippen molar-refractivity contribution in [3.8, 4) is 0 Å². The molecule has 0 aromatic heterocycles. The average molecular weight is 282 g/mol. The smallest absolute Gasteiger partial charge is 0.369 e. The highest BCUT2D eigenvalue weighted by Crippen LogP contribution is 2.23. The number of halogens is 3. The standard InChI is InChI=1S/C10H17F3N2O2Si/c1-4-8(16)15(6-7(3)10(14)17)9(5-2)18(11,12)13/h4,7,9H,1,5-6H2,2-3H3,(H2,14,17). The molecule has 0 saturated carbocycles. The van der Waals surface area contributed by atoms with Gasteiger partial charge in [0.25, 0.3) is 0 Å². The number of amides is 2. The second-order valence-corrected chi connectivity index (χ2v) is 5.71. The lowest BCUT2D eigenvalue weighted by molar-refractivity contribution is -0.130. The van der Waals surface area contributed by atoms with E-state index in [9.17, 15) is 21.9 Å². The van der Waals surface area contributed by atoms with Gasteiger partial charge in [-0.15, -0.1) is 0 Å². The summed E-state index contributed by atoms with van der Waals surface area (Å²) in [4.78, 5) is 23.0. The van der Waals surface area contributed by atoms with Crippen molar-refractivity contribution in [2.75, 3.05) is 6.54 Å². The molecule has 0 rings (SSSR count). The van der Waals surface area contributed by atoms with E-state index in [1.807, 2.05) is 0 Å². The third kappa shape index (κ3) is 4.51. The summed E-state index contributed by atoms with van der Waals surface area (Å²) in [6.07, 6.45) is 0.581. The molecule has 2 amide bonds. The van der Waals surface area contributed by atoms with Crippen LogP contribution in [0.1, 0.15) is 20.3 Å². The number of nitrogens with two attached hydrogens (primary N) is 1. The van der Waals surface area contributed by atoms with Gasteiger partial charge in [-0.05, 0) is 12.5 Å². The monoisotopic (exact) mass is 282 g/mol. The second kappa shape index (κ2) is 6.57. The van der Waals surface area contributed by atoms with Gasteiger partial charge in [-0.3, -0.25) is 9.59 Å². The zero-order valence-electron chi connectivity index (χ0n) is 10.3. The first kappa shape index (κ1) is 16.7. The summed E-state index contributed by atoms with van der Waals surface area (Å²) in [5, 5.41) is 0. The molecule has 0 aliphatic heterocycles. The minimum Gasteiger partial charge on any atom is -0.369 e. The molecule has 0 aliphatic rings. The molecule has 8 heteroatoms. The van der Waals surface area contributed by atoms with E-state index in [-0.39, 0.29) is 13.0 Å². The molecule has 0 fully saturated rings. The van der Waals surface area contributed by atoms with Crippen LogP contribution in [0.3, 0.4) is 0 Å². The van der Waals surface area contributed by atoms with Gasteiger partial charge in [-0.1, -0.05) is 20.4 Å². The minimum absolute atomic E-state index is 0.235. The van der Waals surface area contributed by atoms with E-state index in [0.29, 0.717) is 4.90 Å². The van der Waals surface area contributed by atoms with Crippen molar-refractivity contribution in [3.63, 3.8) is 0 Å². The van der Waals surface area contributed by atoms with E-state index in [0.717, 1.165) is 6.08 Å². The lowest BCUT2D eigenvalue weighted by Gasteiger charge is -2.31. The Balaban J connectivity index is 5.15. The predicted octanol–water partition coefficient (Wildman–Crippen LogP) is 1.29. The topological polar surface area (TPSA) is 63.4 Å². The van der Waals surface area contributed by atoms with E-state index >= 15 is 0 Å². The molecule has 104 valence electrons. The van der Waals surface area contributed by atoms with Crippen LogP contribution in [0, 0.1) is 5.92 Å². The molecular formula is C10H17F3N2O2Si. The van der Waals surface area contributed by atoms with Crippen LogP contribution in [0.5, 0.6) is 0 Å². The number of carbonyl (C=O) groups is 2. The molecule has 18 heavy (non-hydrogen) atoms. The van der Waals surface area contributed by atoms with Crippen LogP contribution in [-0.2, 0) is 9.59 Å². The highest BCUT2D eigenvalue weighted by atomic mass is 28.5. The first-order chi connectivity index (χ1) is 8.15. The number of hydrogen-bond acceptors (Lipinski definition) is 2. The van der Waals surface area contributed by atoms with Gasteiger partial charge in [-0.2, -0.15) is 0 Å². The molecule has 0 bridgehead atoms. The van der Waals surface area contributed by atoms with Gasteiger partial charge in [0.15, 0.2) is 0 Å². The summed E-state index contributed by atoms with van der Waals surface area (Å²) in [5.41, 5.74) is 3.20. The fraction of sp³-hybridized carbons (Fsp3) is 0.600. The fourth-order valence-electron chi connectivity index (χ4n) is 1.50. The van der Waals surface area contributed by atoms with Crippen molar-refractivity contribution >= 4 is 20.9 Å². The van der Waals surface area contributed by atoms with E-state index in [2.05, 4.69) is 6.58 Å². The second-order valence-electron chi connectivity index (χ2n) is 3.96. The molecule has 4 nitrogen and oxygen atoms in total. The normalized spacial score (nSPS) is 14.7. The lowest BCUT2D eigenvalue weighted by Crippen LogP contribution is -2.53. The van der Waals surface area contributed by atoms with Crippen LogP contribution in [-0.4, -0.2) is 38.0 Å². The summed E-state index contributed by atoms with van der Waals surface area (Å²) in [5.74, 6) is -2.41. The molecule has 0 spiro atoms. The van der Waals surface area contributed by atoms with Gasteiger partial charge < -0.3 is 10.6 Å². The Bertz CT molecular complexity index is 334. The lowest BCUT2D eigenvalue weighted by atomic mass is 10.1. The first-order valence-electron chi connectivity index (χ1n) is 5.44. The van der Waals surface area contributed by atoms with Crippen LogP contribution in [0.4, 0.5) is 12.3 Å². The van der Waals surface area contributed by atoms with Crippen LogP contribution in [0.15, 0.2) is 12.7 Å². The van der Waals surface area contributed by atoms with Crippen molar-refractivity contribution in [3.05, 3.63) is 12.7 Å². The van der Waals surface area contributed by atoms with Crippen LogP contribution in [0.25, 0.3) is 0 Å². The van der Waals surface area contributed by atoms with Crippen LogP contribution < -0.4 is 5.73 Å². The molecule has 2 unspecified atom stereocenters. The van der Waals surface area contributed by atoms with Gasteiger partial charge in [0.2, 0.25) is 11.8 Å². The number of rotatable bonds is 7. The summed E-state index contributed by atoms with van der Waals surface area (Å²) < 4.78 is 38.7. The fourth-order valence-corrected chi connectivity index (χ4v) is 2.55. The first-order valence-corrected chi connectivity index (χ1v) is 7.15. The largest absolute Gasteiger partial charge is 0.640 e. The van der Waals surface area contributed by atoms with Crippen molar-refractivity contribution < 1.29 is 21.9 Å². The molecule has 0 aliphatic carbocycles. The summed E-state index contributed by atoms with van der Waals surface area (Å²) in [6.45, 7) is 5.57. The van der Waals surface area contributed by atoms with Gasteiger partial charge in [0, 0.05) is 6.54 Å². The number of primary amides is 1. The molecule has 2 atom stereocenters. The zero-order valence-corrected chi connectivity index (χ0v) is 11.3. The Kier molecular flexibility index (Phi) is 6.09. The minimum atomic E-state index is -6.03. The van der Waals surface area contributed by atoms with E-state index in [1.54, 1.807) is 0 Å². The molecule has 0 saturated heterocycles. The number of nitrogens with zero attached hydrogens (tertiary/aromatic N) is 1. The Morgan fingerprint density at radius 2 is 1.94 bits per heavy atom. The van der Waals surface area contributed by atoms with Crippen LogP contribution in [0.2, 0.25) is 0 Å². The average Bonchev–Trinajstić information content (AvgIpc) is 2.25. The third-order valence-corrected chi connectivity index (χ3v) is 4.03. The van der Waals surface area contributed by atoms with E-state index in [4.69, 9.17) is 5.73 Å². The summed E-state index contributed by atoms with van der Waals surface area (Å²) in [6, 6.07) is 0. The Hall–Kier alpha value is -1.31. The maximum atomic E-state index is 12.9. The summed E-state index contributed by atoms with van der Waals surface area (Å²) >= 11 is 0. The van der Waals surface area contributed by atoms with Crippen molar-refractivity contribution in [1.82, 2.24) is 4.90 Å². The Morgan fingerprint density at radius 1 is 1.44 bits per heavy atom. The third-order valence-electron chi connectivity index (χ3n) is 2.55. The van der Waals surface area contributed by atoms with Crippen molar-refractivity contribution in [1.29, 1.82) is 0 Å². The van der Waals surface area contributed by atoms with Gasteiger partial charge in [-0.25, -0.2) is 12.3 Å². The van der Waals surface area contributed by atoms with Crippen molar-refractivity contribution in [2.45, 2.75) is 25.9 Å². The molecule has 0 radical (unpaired) electrons.